The summed E-state index contributed by atoms with van der Waals surface area (Å²) >= 11 is 3.35. The lowest BCUT2D eigenvalue weighted by Crippen LogP contribution is -2.38. The van der Waals surface area contributed by atoms with E-state index < -0.39 is 17.9 Å². The molecule has 5 nitrogen and oxygen atoms in total. The first-order valence-corrected chi connectivity index (χ1v) is 6.41. The number of carbonyl (C=O) groups is 2. The Labute approximate surface area is 117 Å². The molecule has 1 heterocycles. The van der Waals surface area contributed by atoms with Crippen molar-refractivity contribution in [1.82, 2.24) is 5.32 Å². The van der Waals surface area contributed by atoms with Gasteiger partial charge in [0, 0.05) is 15.4 Å². The van der Waals surface area contributed by atoms with E-state index in [1.807, 2.05) is 12.1 Å². The van der Waals surface area contributed by atoms with E-state index in [0.29, 0.717) is 11.1 Å². The van der Waals surface area contributed by atoms with Crippen LogP contribution in [0.25, 0.3) is 11.0 Å². The summed E-state index contributed by atoms with van der Waals surface area (Å²) in [4.78, 5) is 22.7. The van der Waals surface area contributed by atoms with E-state index in [1.165, 1.54) is 6.92 Å². The van der Waals surface area contributed by atoms with Crippen LogP contribution in [0.5, 0.6) is 0 Å². The molecule has 1 atom stereocenters. The highest BCUT2D eigenvalue weighted by Gasteiger charge is 2.21. The highest BCUT2D eigenvalue weighted by Crippen LogP contribution is 2.27. The first kappa shape index (κ1) is 13.6. The maximum Gasteiger partial charge on any atom is 0.325 e. The number of carboxylic acids is 1. The highest BCUT2D eigenvalue weighted by atomic mass is 79.9. The third-order valence-corrected chi connectivity index (χ3v) is 3.32. The first-order valence-electron chi connectivity index (χ1n) is 5.62. The van der Waals surface area contributed by atoms with Gasteiger partial charge in [0.25, 0.3) is 5.91 Å². The molecule has 0 spiro atoms. The minimum atomic E-state index is -1.09. The fourth-order valence-corrected chi connectivity index (χ4v) is 2.09. The molecule has 1 aromatic carbocycles. The predicted octanol–water partition coefficient (Wildman–Crippen LogP) is 2.71. The zero-order valence-corrected chi connectivity index (χ0v) is 11.9. The molecule has 0 bridgehead atoms. The molecule has 0 saturated heterocycles. The number of rotatable bonds is 3. The van der Waals surface area contributed by atoms with E-state index >= 15 is 0 Å². The molecule has 2 aromatic rings. The Morgan fingerprint density at radius 1 is 1.42 bits per heavy atom. The molecule has 0 aliphatic heterocycles. The number of nitrogens with one attached hydrogen (secondary N) is 1. The van der Waals surface area contributed by atoms with Gasteiger partial charge in [0.1, 0.15) is 11.6 Å². The number of hydrogen-bond acceptors (Lipinski definition) is 3. The number of aryl methyl sites for hydroxylation is 1. The largest absolute Gasteiger partial charge is 0.480 e. The Hall–Kier alpha value is -1.82. The van der Waals surface area contributed by atoms with Crippen LogP contribution >= 0.6 is 15.9 Å². The van der Waals surface area contributed by atoms with E-state index in [9.17, 15) is 9.59 Å². The van der Waals surface area contributed by atoms with Gasteiger partial charge >= 0.3 is 5.97 Å². The number of carboxylic acid groups (broad SMARTS) is 1. The number of furan rings is 1. The summed E-state index contributed by atoms with van der Waals surface area (Å²) in [6.07, 6.45) is 0. The lowest BCUT2D eigenvalue weighted by molar-refractivity contribution is -0.138. The number of benzene rings is 1. The second kappa shape index (κ2) is 5.05. The van der Waals surface area contributed by atoms with Crippen molar-refractivity contribution in [3.05, 3.63) is 34.0 Å². The molecular weight excluding hydrogens is 314 g/mol. The average molecular weight is 326 g/mol. The summed E-state index contributed by atoms with van der Waals surface area (Å²) < 4.78 is 6.35. The zero-order chi connectivity index (χ0) is 14.2. The van der Waals surface area contributed by atoms with Gasteiger partial charge < -0.3 is 14.8 Å². The van der Waals surface area contributed by atoms with Crippen molar-refractivity contribution < 1.29 is 19.1 Å². The van der Waals surface area contributed by atoms with Crippen LogP contribution in [0.4, 0.5) is 0 Å². The van der Waals surface area contributed by atoms with Crippen LogP contribution in [-0.4, -0.2) is 23.0 Å². The van der Waals surface area contributed by atoms with Gasteiger partial charge in [0.2, 0.25) is 0 Å². The Bertz CT molecular complexity index is 662. The second-order valence-corrected chi connectivity index (χ2v) is 5.15. The van der Waals surface area contributed by atoms with Gasteiger partial charge in [-0.15, -0.1) is 0 Å². The smallest absolute Gasteiger partial charge is 0.325 e. The van der Waals surface area contributed by atoms with Crippen LogP contribution in [0.3, 0.4) is 0 Å². The number of aliphatic carboxylic acids is 1. The predicted molar refractivity (Wildman–Crippen MR) is 73.2 cm³/mol. The Morgan fingerprint density at radius 2 is 2.11 bits per heavy atom. The fraction of sp³-hybridized carbons (Fsp3) is 0.231. The van der Waals surface area contributed by atoms with Crippen molar-refractivity contribution in [2.24, 2.45) is 0 Å². The molecule has 19 heavy (non-hydrogen) atoms. The Morgan fingerprint density at radius 3 is 2.74 bits per heavy atom. The lowest BCUT2D eigenvalue weighted by Gasteiger charge is -2.07. The first-order chi connectivity index (χ1) is 8.90. The Balaban J connectivity index is 2.37. The molecule has 2 N–H and O–H groups in total. The van der Waals surface area contributed by atoms with Crippen molar-refractivity contribution >= 4 is 38.8 Å². The quantitative estimate of drug-likeness (QED) is 0.909. The molecule has 0 unspecified atom stereocenters. The van der Waals surface area contributed by atoms with Crippen molar-refractivity contribution in [3.63, 3.8) is 0 Å². The van der Waals surface area contributed by atoms with Crippen LogP contribution < -0.4 is 5.32 Å². The third kappa shape index (κ3) is 2.63. The van der Waals surface area contributed by atoms with E-state index in [2.05, 4.69) is 21.2 Å². The minimum absolute atomic E-state index is 0.140. The number of hydrogen-bond donors (Lipinski definition) is 2. The molecule has 6 heteroatoms. The molecule has 0 aliphatic carbocycles. The summed E-state index contributed by atoms with van der Waals surface area (Å²) in [5.41, 5.74) is 1.28. The minimum Gasteiger partial charge on any atom is -0.480 e. The summed E-state index contributed by atoms with van der Waals surface area (Å²) in [7, 11) is 0. The van der Waals surface area contributed by atoms with Gasteiger partial charge in [-0.2, -0.15) is 0 Å². The number of amides is 1. The molecule has 1 aromatic heterocycles. The zero-order valence-electron chi connectivity index (χ0n) is 10.4. The number of carbonyl (C=O) groups excluding carboxylic acids is 1. The fourth-order valence-electron chi connectivity index (χ4n) is 1.73. The van der Waals surface area contributed by atoms with Gasteiger partial charge in [-0.3, -0.25) is 9.59 Å². The SMILES string of the molecule is Cc1c(C(=O)N[C@@H](C)C(=O)O)oc2ccc(Br)cc12. The lowest BCUT2D eigenvalue weighted by atomic mass is 10.1. The van der Waals surface area contributed by atoms with Crippen LogP contribution in [0.1, 0.15) is 23.0 Å². The van der Waals surface area contributed by atoms with Crippen LogP contribution in [-0.2, 0) is 4.79 Å². The van der Waals surface area contributed by atoms with Crippen molar-refractivity contribution in [2.45, 2.75) is 19.9 Å². The van der Waals surface area contributed by atoms with E-state index in [1.54, 1.807) is 13.0 Å². The molecule has 2 rings (SSSR count). The highest BCUT2D eigenvalue weighted by molar-refractivity contribution is 9.10. The van der Waals surface area contributed by atoms with Gasteiger partial charge in [-0.1, -0.05) is 15.9 Å². The summed E-state index contributed by atoms with van der Waals surface area (Å²) in [6.45, 7) is 3.16. The summed E-state index contributed by atoms with van der Waals surface area (Å²) in [5.74, 6) is -1.48. The van der Waals surface area contributed by atoms with E-state index in [4.69, 9.17) is 9.52 Å². The topological polar surface area (TPSA) is 79.5 Å². The molecule has 0 radical (unpaired) electrons. The molecule has 100 valence electrons. The standard InChI is InChI=1S/C13H12BrNO4/c1-6-9-5-8(14)3-4-10(9)19-11(6)12(16)15-7(2)13(17)18/h3-5,7H,1-2H3,(H,15,16)(H,17,18)/t7-/m0/s1. The monoisotopic (exact) mass is 325 g/mol. The van der Waals surface area contributed by atoms with Gasteiger partial charge in [-0.25, -0.2) is 0 Å². The number of fused-ring (bicyclic) bond motifs is 1. The maximum absolute atomic E-state index is 12.0. The molecule has 0 aliphatic rings. The van der Waals surface area contributed by atoms with Gasteiger partial charge in [-0.05, 0) is 32.0 Å². The second-order valence-electron chi connectivity index (χ2n) is 4.23. The number of halogens is 1. The van der Waals surface area contributed by atoms with Crippen molar-refractivity contribution in [2.75, 3.05) is 0 Å². The Kier molecular flexibility index (Phi) is 3.61. The molecule has 0 fully saturated rings. The van der Waals surface area contributed by atoms with Gasteiger partial charge in [0.15, 0.2) is 5.76 Å². The van der Waals surface area contributed by atoms with Crippen LogP contribution in [0, 0.1) is 6.92 Å². The van der Waals surface area contributed by atoms with Crippen molar-refractivity contribution in [3.8, 4) is 0 Å². The summed E-state index contributed by atoms with van der Waals surface area (Å²) in [5, 5.41) is 12.0. The average Bonchev–Trinajstić information content (AvgIpc) is 2.66. The third-order valence-electron chi connectivity index (χ3n) is 2.82. The molecule has 1 amide bonds. The molecular formula is C13H12BrNO4. The summed E-state index contributed by atoms with van der Waals surface area (Å²) in [6, 6.07) is 4.45. The molecule has 0 saturated carbocycles. The van der Waals surface area contributed by atoms with Crippen LogP contribution in [0.2, 0.25) is 0 Å². The maximum atomic E-state index is 12.0. The van der Waals surface area contributed by atoms with E-state index in [0.717, 1.165) is 9.86 Å². The van der Waals surface area contributed by atoms with Crippen molar-refractivity contribution in [1.29, 1.82) is 0 Å². The van der Waals surface area contributed by atoms with Crippen LogP contribution in [0.15, 0.2) is 27.1 Å². The van der Waals surface area contributed by atoms with Gasteiger partial charge in [0.05, 0.1) is 0 Å². The normalized spacial score (nSPS) is 12.4. The van der Waals surface area contributed by atoms with E-state index in [-0.39, 0.29) is 5.76 Å².